The topological polar surface area (TPSA) is 43.1 Å². The third kappa shape index (κ3) is 9.44. The summed E-state index contributed by atoms with van der Waals surface area (Å²) < 4.78 is 40.0. The molecule has 0 spiro atoms. The lowest BCUT2D eigenvalue weighted by atomic mass is 10.3. The number of hydrogen-bond donors (Lipinski definition) is 0. The van der Waals surface area contributed by atoms with Crippen molar-refractivity contribution in [2.24, 2.45) is 0 Å². The van der Waals surface area contributed by atoms with Gasteiger partial charge in [0.1, 0.15) is 0 Å². The number of benzene rings is 1. The highest BCUT2D eigenvalue weighted by Gasteiger charge is 2.20. The Morgan fingerprint density at radius 2 is 1.47 bits per heavy atom. The molecule has 0 radical (unpaired) electrons. The number of nitro benzene ring substituents is 1. The summed E-state index contributed by atoms with van der Waals surface area (Å²) in [6.45, 7) is 0. The smallest absolute Gasteiger partial charge is 0.418 e. The van der Waals surface area contributed by atoms with Crippen LogP contribution < -0.4 is 22.6 Å². The number of rotatable bonds is 1. The van der Waals surface area contributed by atoms with Gasteiger partial charge in [-0.15, -0.1) is 0 Å². The van der Waals surface area contributed by atoms with Gasteiger partial charge in [0.25, 0.3) is 28.3 Å². The first-order valence-electron chi connectivity index (χ1n) is 3.49. The molecule has 0 fully saturated rings. The van der Waals surface area contributed by atoms with E-state index in [9.17, 15) is 27.4 Å². The lowest BCUT2D eigenvalue weighted by Crippen LogP contribution is -3.34. The van der Waals surface area contributed by atoms with E-state index in [4.69, 9.17) is 0 Å². The largest absolute Gasteiger partial charge is 0.673 e. The zero-order valence-corrected chi connectivity index (χ0v) is 9.40. The van der Waals surface area contributed by atoms with Crippen molar-refractivity contribution in [3.63, 3.8) is 0 Å². The second kappa shape index (κ2) is 5.88. The molecule has 0 aliphatic heterocycles. The molecule has 0 atom stereocenters. The van der Waals surface area contributed by atoms with Crippen molar-refractivity contribution in [3.05, 3.63) is 37.9 Å². The van der Waals surface area contributed by atoms with Gasteiger partial charge in [0.15, 0.2) is 3.57 Å². The summed E-state index contributed by atoms with van der Waals surface area (Å²) >= 11 is 1.82. The van der Waals surface area contributed by atoms with Crippen LogP contribution >= 0.6 is 0 Å². The Balaban J connectivity index is 0.000000336. The number of non-ortho nitro benzene ring substituents is 1. The van der Waals surface area contributed by atoms with Crippen LogP contribution in [0.15, 0.2) is 24.3 Å². The maximum absolute atomic E-state index is 10.1. The maximum Gasteiger partial charge on any atom is 0.673 e. The van der Waals surface area contributed by atoms with Crippen molar-refractivity contribution in [2.75, 3.05) is 0 Å². The van der Waals surface area contributed by atoms with Crippen LogP contribution in [0.1, 0.15) is 0 Å². The predicted molar refractivity (Wildman–Crippen MR) is 43.4 cm³/mol. The molecule has 9 heteroatoms. The van der Waals surface area contributed by atoms with Crippen molar-refractivity contribution in [1.82, 2.24) is 0 Å². The second-order valence-electron chi connectivity index (χ2n) is 2.25. The molecule has 0 N–H and O–H groups in total. The normalized spacial score (nSPS) is 10.2. The molecule has 0 saturated carbocycles. The Kier molecular flexibility index (Phi) is 5.54. The average molecular weight is 337 g/mol. The summed E-state index contributed by atoms with van der Waals surface area (Å²) in [6, 6.07) is 6.45. The van der Waals surface area contributed by atoms with Crippen LogP contribution in [0.3, 0.4) is 0 Å². The molecule has 84 valence electrons. The molecule has 0 aliphatic carbocycles. The number of halogens is 5. The van der Waals surface area contributed by atoms with Gasteiger partial charge in [0.05, 0.1) is 4.92 Å². The first kappa shape index (κ1) is 14.1. The molecule has 0 saturated heterocycles. The fourth-order valence-corrected chi connectivity index (χ4v) is 0.956. The zero-order valence-electron chi connectivity index (χ0n) is 7.07. The Morgan fingerprint density at radius 3 is 1.73 bits per heavy atom. The quantitative estimate of drug-likeness (QED) is 0.225. The predicted octanol–water partition coefficient (Wildman–Crippen LogP) is -0.650. The molecular formula is C6H5BF4INO2. The van der Waals surface area contributed by atoms with E-state index in [0.29, 0.717) is 0 Å². The van der Waals surface area contributed by atoms with Gasteiger partial charge in [-0.05, 0) is 12.1 Å². The van der Waals surface area contributed by atoms with Gasteiger partial charge in [0.2, 0.25) is 0 Å². The summed E-state index contributed by atoms with van der Waals surface area (Å²) in [5.41, 5.74) is 0.146. The molecule has 0 aromatic heterocycles. The van der Waals surface area contributed by atoms with E-state index < -0.39 is 12.2 Å². The van der Waals surface area contributed by atoms with Crippen LogP contribution in [0.5, 0.6) is 0 Å². The number of hydrogen-bond acceptors (Lipinski definition) is 2. The Morgan fingerprint density at radius 1 is 1.13 bits per heavy atom. The van der Waals surface area contributed by atoms with Crippen LogP contribution in [0.25, 0.3) is 0 Å². The van der Waals surface area contributed by atoms with Gasteiger partial charge in [-0.2, -0.15) is 0 Å². The summed E-state index contributed by atoms with van der Waals surface area (Å²) in [4.78, 5) is 9.72. The van der Waals surface area contributed by atoms with E-state index >= 15 is 0 Å². The van der Waals surface area contributed by atoms with Crippen LogP contribution in [-0.4, -0.2) is 12.2 Å². The van der Waals surface area contributed by atoms with Crippen molar-refractivity contribution >= 4 is 12.9 Å². The molecule has 3 nitrogen and oxygen atoms in total. The van der Waals surface area contributed by atoms with E-state index in [1.807, 2.05) is 22.6 Å². The van der Waals surface area contributed by atoms with Gasteiger partial charge in [0, 0.05) is 12.1 Å². The highest BCUT2D eigenvalue weighted by molar-refractivity contribution is 6.50. The molecule has 0 amide bonds. The maximum atomic E-state index is 10.1. The van der Waals surface area contributed by atoms with Crippen molar-refractivity contribution in [1.29, 1.82) is 0 Å². The fourth-order valence-electron chi connectivity index (χ4n) is 0.568. The lowest BCUT2D eigenvalue weighted by molar-refractivity contribution is -0.385. The molecule has 15 heavy (non-hydrogen) atoms. The minimum atomic E-state index is -6.00. The van der Waals surface area contributed by atoms with Crippen LogP contribution in [-0.2, 0) is 0 Å². The van der Waals surface area contributed by atoms with Gasteiger partial charge in [-0.3, -0.25) is 10.1 Å². The van der Waals surface area contributed by atoms with E-state index in [0.717, 1.165) is 3.57 Å². The van der Waals surface area contributed by atoms with Gasteiger partial charge in [-0.25, -0.2) is 0 Å². The molecule has 1 aromatic rings. The highest BCUT2D eigenvalue weighted by atomic mass is 127. The summed E-state index contributed by atoms with van der Waals surface area (Å²) in [7, 11) is -6.00. The molecule has 0 aliphatic rings. The van der Waals surface area contributed by atoms with Gasteiger partial charge < -0.3 is 17.3 Å². The van der Waals surface area contributed by atoms with Crippen LogP contribution in [0.4, 0.5) is 23.0 Å². The first-order chi connectivity index (χ1) is 6.70. The van der Waals surface area contributed by atoms with Crippen molar-refractivity contribution < 1.29 is 44.8 Å². The molecule has 0 heterocycles. The molecular weight excluding hydrogens is 332 g/mol. The minimum Gasteiger partial charge on any atom is -0.418 e. The second-order valence-corrected chi connectivity index (χ2v) is 3.59. The number of nitro groups is 1. The molecule has 0 unspecified atom stereocenters. The molecule has 1 aromatic carbocycles. The molecule has 0 bridgehead atoms. The number of nitrogens with zero attached hydrogens (tertiary/aromatic N) is 1. The summed E-state index contributed by atoms with van der Waals surface area (Å²) in [6.07, 6.45) is 0. The Labute approximate surface area is 95.9 Å². The van der Waals surface area contributed by atoms with E-state index in [-0.39, 0.29) is 5.69 Å². The Hall–Kier alpha value is -0.865. The fraction of sp³-hybridized carbons (Fsp3) is 0. The van der Waals surface area contributed by atoms with Gasteiger partial charge in [-0.1, -0.05) is 0 Å². The van der Waals surface area contributed by atoms with Crippen molar-refractivity contribution in [2.45, 2.75) is 0 Å². The highest BCUT2D eigenvalue weighted by Crippen LogP contribution is 2.07. The van der Waals surface area contributed by atoms with Crippen LogP contribution in [0, 0.1) is 13.7 Å². The zero-order chi connectivity index (χ0) is 12.1. The summed E-state index contributed by atoms with van der Waals surface area (Å²) in [5, 5.41) is 10.1. The third-order valence-corrected chi connectivity index (χ3v) is 1.82. The van der Waals surface area contributed by atoms with Crippen LogP contribution in [0.2, 0.25) is 0 Å². The average Bonchev–Trinajstić information content (AvgIpc) is 2.01. The lowest BCUT2D eigenvalue weighted by Gasteiger charge is -1.94. The Bertz CT molecular complexity index is 323. The minimum absolute atomic E-state index is 0.146. The van der Waals surface area contributed by atoms with E-state index in [1.165, 1.54) is 12.1 Å². The SMILES string of the molecule is F[B-](F)(F)F.O=[N+]([O-])c1ccc([IH+])cc1. The van der Waals surface area contributed by atoms with Crippen molar-refractivity contribution in [3.8, 4) is 0 Å². The molecule has 1 rings (SSSR count). The standard InChI is InChI=1S/C6H5INO2.BF4/c7-5-1-3-6(4-2-5)8(9)10;2-1(3,4)5/h1-4,7H;/q+1;-1. The third-order valence-electron chi connectivity index (χ3n) is 1.05. The summed E-state index contributed by atoms with van der Waals surface area (Å²) in [5.74, 6) is 0. The monoisotopic (exact) mass is 337 g/mol. The van der Waals surface area contributed by atoms with E-state index in [1.54, 1.807) is 12.1 Å². The van der Waals surface area contributed by atoms with Gasteiger partial charge >= 0.3 is 7.25 Å². The van der Waals surface area contributed by atoms with E-state index in [2.05, 4.69) is 0 Å². The first-order valence-corrected chi connectivity index (χ1v) is 4.65.